The lowest BCUT2D eigenvalue weighted by molar-refractivity contribution is -0.122. The van der Waals surface area contributed by atoms with Gasteiger partial charge >= 0.3 is 0 Å². The Morgan fingerprint density at radius 1 is 1.10 bits per heavy atom. The molecule has 2 aromatic carbocycles. The summed E-state index contributed by atoms with van der Waals surface area (Å²) in [6.45, 7) is 1.70. The first-order valence-corrected chi connectivity index (χ1v) is 13.9. The maximum absolute atomic E-state index is 12.9. The number of amides is 2. The van der Waals surface area contributed by atoms with E-state index in [0.717, 1.165) is 15.9 Å². The molecule has 222 valence electrons. The molecule has 0 unspecified atom stereocenters. The van der Waals surface area contributed by atoms with Crippen molar-refractivity contribution in [2.24, 2.45) is 0 Å². The molecule has 2 amide bonds. The Morgan fingerprint density at radius 3 is 2.55 bits per heavy atom. The van der Waals surface area contributed by atoms with E-state index in [-0.39, 0.29) is 36.5 Å². The monoisotopic (exact) mass is 696 g/mol. The van der Waals surface area contributed by atoms with E-state index in [9.17, 15) is 9.59 Å². The number of anilines is 1. The van der Waals surface area contributed by atoms with Crippen molar-refractivity contribution >= 4 is 80.8 Å². The Labute approximate surface area is 267 Å². The number of imidazole rings is 1. The van der Waals surface area contributed by atoms with Gasteiger partial charge in [-0.2, -0.15) is 0 Å². The standard InChI is InChI=1S/C29H27BrCl2N4O5.ClH/c1-17-28(30)36-13-5-6-23(29(36)34-17)41-16-19-20(31)9-10-21(27(19)32)35(2)26(38)15-33-25(37)12-8-18-7-11-22(39-3)24(14-18)40-4;/h5-14H,15-16H2,1-4H3,(H,33,37);1H/b12-8+;. The summed E-state index contributed by atoms with van der Waals surface area (Å²) < 4.78 is 19.2. The number of halogens is 4. The number of ether oxygens (including phenoxy) is 3. The quantitative estimate of drug-likeness (QED) is 0.190. The van der Waals surface area contributed by atoms with Crippen LogP contribution < -0.4 is 24.4 Å². The number of carbonyl (C=O) groups excluding carboxylic acids is 2. The maximum Gasteiger partial charge on any atom is 0.246 e. The van der Waals surface area contributed by atoms with Crippen molar-refractivity contribution in [1.29, 1.82) is 0 Å². The summed E-state index contributed by atoms with van der Waals surface area (Å²) in [6, 6.07) is 12.2. The Hall–Kier alpha value is -3.44. The molecule has 0 saturated heterocycles. The highest BCUT2D eigenvalue weighted by Gasteiger charge is 2.20. The molecule has 42 heavy (non-hydrogen) atoms. The zero-order chi connectivity index (χ0) is 29.7. The highest BCUT2D eigenvalue weighted by Crippen LogP contribution is 2.35. The van der Waals surface area contributed by atoms with E-state index in [1.807, 2.05) is 23.6 Å². The Balaban J connectivity index is 0.00000484. The Morgan fingerprint density at radius 2 is 1.83 bits per heavy atom. The highest BCUT2D eigenvalue weighted by molar-refractivity contribution is 9.10. The smallest absolute Gasteiger partial charge is 0.246 e. The average Bonchev–Trinajstić information content (AvgIpc) is 3.27. The molecule has 0 radical (unpaired) electrons. The number of benzene rings is 2. The summed E-state index contributed by atoms with van der Waals surface area (Å²) in [5.74, 6) is 0.853. The van der Waals surface area contributed by atoms with Crippen LogP contribution >= 0.6 is 51.5 Å². The summed E-state index contributed by atoms with van der Waals surface area (Å²) in [5, 5.41) is 3.24. The Bertz CT molecular complexity index is 1640. The van der Waals surface area contributed by atoms with Gasteiger partial charge in [-0.15, -0.1) is 12.4 Å². The average molecular weight is 699 g/mol. The van der Waals surface area contributed by atoms with Crippen LogP contribution in [0, 0.1) is 6.92 Å². The van der Waals surface area contributed by atoms with Gasteiger partial charge in [0.05, 0.1) is 37.2 Å². The van der Waals surface area contributed by atoms with Gasteiger partial charge in [-0.05, 0) is 70.9 Å². The van der Waals surface area contributed by atoms with Crippen LogP contribution in [0.1, 0.15) is 16.8 Å². The first-order chi connectivity index (χ1) is 19.6. The first-order valence-electron chi connectivity index (χ1n) is 12.3. The molecule has 0 aliphatic carbocycles. The van der Waals surface area contributed by atoms with Gasteiger partial charge in [-0.25, -0.2) is 4.98 Å². The highest BCUT2D eigenvalue weighted by atomic mass is 79.9. The second-order valence-corrected chi connectivity index (χ2v) is 10.4. The van der Waals surface area contributed by atoms with Gasteiger partial charge in [0.25, 0.3) is 0 Å². The van der Waals surface area contributed by atoms with E-state index in [2.05, 4.69) is 26.2 Å². The molecule has 0 aliphatic rings. The second-order valence-electron chi connectivity index (χ2n) is 8.82. The van der Waals surface area contributed by atoms with E-state index < -0.39 is 5.91 Å². The predicted octanol–water partition coefficient (Wildman–Crippen LogP) is 6.52. The number of pyridine rings is 1. The van der Waals surface area contributed by atoms with Gasteiger partial charge < -0.3 is 24.4 Å². The van der Waals surface area contributed by atoms with E-state index in [1.54, 1.807) is 56.6 Å². The van der Waals surface area contributed by atoms with Gasteiger partial charge in [0.2, 0.25) is 11.8 Å². The normalized spacial score (nSPS) is 10.8. The fourth-order valence-corrected chi connectivity index (χ4v) is 4.95. The molecule has 0 bridgehead atoms. The number of nitrogens with one attached hydrogen (secondary N) is 1. The number of fused-ring (bicyclic) bond motifs is 1. The number of aromatic nitrogens is 2. The van der Waals surface area contributed by atoms with Crippen molar-refractivity contribution in [3.8, 4) is 17.2 Å². The number of likely N-dealkylation sites (N-methyl/N-ethyl adjacent to an activating group) is 1. The minimum atomic E-state index is -0.437. The molecular weight excluding hydrogens is 671 g/mol. The van der Waals surface area contributed by atoms with Gasteiger partial charge in [-0.3, -0.25) is 14.0 Å². The molecule has 0 atom stereocenters. The summed E-state index contributed by atoms with van der Waals surface area (Å²) >= 11 is 16.7. The molecule has 0 aliphatic heterocycles. The second kappa shape index (κ2) is 14.6. The summed E-state index contributed by atoms with van der Waals surface area (Å²) in [4.78, 5) is 31.2. The zero-order valence-corrected chi connectivity index (χ0v) is 27.0. The largest absolute Gasteiger partial charge is 0.493 e. The summed E-state index contributed by atoms with van der Waals surface area (Å²) in [6.07, 6.45) is 4.82. The molecule has 0 fully saturated rings. The van der Waals surface area contributed by atoms with Crippen molar-refractivity contribution in [1.82, 2.24) is 14.7 Å². The predicted molar refractivity (Wildman–Crippen MR) is 171 cm³/mol. The molecule has 2 aromatic heterocycles. The number of aryl methyl sites for hydroxylation is 1. The summed E-state index contributed by atoms with van der Waals surface area (Å²) in [7, 11) is 4.65. The molecule has 1 N–H and O–H groups in total. The van der Waals surface area contributed by atoms with Crippen LogP contribution in [-0.2, 0) is 16.2 Å². The molecule has 2 heterocycles. The third-order valence-electron chi connectivity index (χ3n) is 6.24. The zero-order valence-electron chi connectivity index (χ0n) is 23.1. The number of nitrogens with zero attached hydrogens (tertiary/aromatic N) is 3. The molecular formula is C29H28BrCl3N4O5. The first kappa shape index (κ1) is 33.1. The van der Waals surface area contributed by atoms with Gasteiger partial charge in [0, 0.05) is 29.9 Å². The Kier molecular flexibility index (Phi) is 11.5. The topological polar surface area (TPSA) is 94.4 Å². The van der Waals surface area contributed by atoms with Crippen LogP contribution in [-0.4, -0.2) is 49.0 Å². The number of methoxy groups -OCH3 is 2. The van der Waals surface area contributed by atoms with Crippen molar-refractivity contribution in [3.05, 3.63) is 86.2 Å². The number of hydrogen-bond acceptors (Lipinski definition) is 6. The van der Waals surface area contributed by atoms with Crippen molar-refractivity contribution in [2.75, 3.05) is 32.7 Å². The van der Waals surface area contributed by atoms with Crippen LogP contribution in [0.2, 0.25) is 10.0 Å². The van der Waals surface area contributed by atoms with Crippen molar-refractivity contribution < 1.29 is 23.8 Å². The lowest BCUT2D eigenvalue weighted by atomic mass is 10.2. The number of carbonyl (C=O) groups is 2. The lowest BCUT2D eigenvalue weighted by Gasteiger charge is -2.21. The van der Waals surface area contributed by atoms with Gasteiger partial charge in [0.1, 0.15) is 11.2 Å². The fraction of sp³-hybridized carbons (Fsp3) is 0.207. The van der Waals surface area contributed by atoms with Crippen LogP contribution in [0.15, 0.2) is 59.3 Å². The van der Waals surface area contributed by atoms with E-state index in [0.29, 0.717) is 39.2 Å². The molecule has 0 spiro atoms. The molecule has 4 rings (SSSR count). The van der Waals surface area contributed by atoms with Crippen LogP contribution in [0.3, 0.4) is 0 Å². The molecule has 9 nitrogen and oxygen atoms in total. The molecule has 0 saturated carbocycles. The minimum Gasteiger partial charge on any atom is -0.493 e. The van der Waals surface area contributed by atoms with Crippen LogP contribution in [0.4, 0.5) is 5.69 Å². The number of rotatable bonds is 10. The SMILES string of the molecule is COc1ccc(/C=C/C(=O)NCC(=O)N(C)c2ccc(Cl)c(COc3cccn4c(Br)c(C)nc34)c2Cl)cc1OC.Cl. The van der Waals surface area contributed by atoms with Crippen molar-refractivity contribution in [3.63, 3.8) is 0 Å². The van der Waals surface area contributed by atoms with Gasteiger partial charge in [-0.1, -0.05) is 29.3 Å². The van der Waals surface area contributed by atoms with Crippen LogP contribution in [0.5, 0.6) is 17.2 Å². The molecule has 4 aromatic rings. The maximum atomic E-state index is 12.9. The minimum absolute atomic E-state index is 0. The third kappa shape index (κ3) is 7.30. The van der Waals surface area contributed by atoms with Gasteiger partial charge in [0.15, 0.2) is 22.9 Å². The van der Waals surface area contributed by atoms with E-state index >= 15 is 0 Å². The molecule has 13 heteroatoms. The van der Waals surface area contributed by atoms with E-state index in [4.69, 9.17) is 37.4 Å². The lowest BCUT2D eigenvalue weighted by Crippen LogP contribution is -2.37. The van der Waals surface area contributed by atoms with Crippen molar-refractivity contribution in [2.45, 2.75) is 13.5 Å². The van der Waals surface area contributed by atoms with Crippen LogP contribution in [0.25, 0.3) is 11.7 Å². The third-order valence-corrected chi connectivity index (χ3v) is 7.97. The fourth-order valence-electron chi connectivity index (χ4n) is 3.97. The van der Waals surface area contributed by atoms with E-state index in [1.165, 1.54) is 18.1 Å². The number of hydrogen-bond donors (Lipinski definition) is 1. The summed E-state index contributed by atoms with van der Waals surface area (Å²) in [5.41, 5.74) is 3.13.